The van der Waals surface area contributed by atoms with E-state index in [0.29, 0.717) is 6.54 Å². The van der Waals surface area contributed by atoms with E-state index in [1.165, 1.54) is 22.5 Å². The molecule has 2 aromatic rings. The highest BCUT2D eigenvalue weighted by Crippen LogP contribution is 2.37. The first-order valence-corrected chi connectivity index (χ1v) is 10.5. The van der Waals surface area contributed by atoms with Crippen LogP contribution in [0.25, 0.3) is 0 Å². The fraction of sp³-hybridized carbons (Fsp3) is 0.304. The Morgan fingerprint density at radius 1 is 1.06 bits per heavy atom. The molecule has 1 aliphatic heterocycles. The van der Waals surface area contributed by atoms with E-state index < -0.39 is 18.1 Å². The molecule has 1 aliphatic rings. The number of anilines is 2. The number of halogens is 4. The summed E-state index contributed by atoms with van der Waals surface area (Å²) in [5.41, 5.74) is 5.12. The number of carbonyl (C=O) groups is 2. The molecule has 0 saturated heterocycles. The van der Waals surface area contributed by atoms with Crippen molar-refractivity contribution in [2.45, 2.75) is 25.4 Å². The van der Waals surface area contributed by atoms with Crippen molar-refractivity contribution in [3.05, 3.63) is 70.8 Å². The second-order valence-electron chi connectivity index (χ2n) is 7.15. The molecule has 0 saturated carbocycles. The van der Waals surface area contributed by atoms with Crippen LogP contribution in [0.3, 0.4) is 0 Å². The minimum absolute atomic E-state index is 0.561. The summed E-state index contributed by atoms with van der Waals surface area (Å²) < 4.78 is 31.7. The Kier molecular flexibility index (Phi) is 9.74. The van der Waals surface area contributed by atoms with Crippen LogP contribution < -0.4 is 10.2 Å². The van der Waals surface area contributed by atoms with Crippen LogP contribution in [-0.2, 0) is 22.4 Å². The minimum atomic E-state index is -5.08. The molecule has 0 atom stereocenters. The number of para-hydroxylation sites is 1. The number of carboxylic acid groups (broad SMARTS) is 2. The number of aryl methyl sites for hydroxylation is 2. The van der Waals surface area contributed by atoms with Gasteiger partial charge >= 0.3 is 18.1 Å². The maximum atomic E-state index is 10.6. The molecule has 3 rings (SSSR count). The van der Waals surface area contributed by atoms with E-state index in [1.54, 1.807) is 6.08 Å². The van der Waals surface area contributed by atoms with Crippen molar-refractivity contribution >= 4 is 34.9 Å². The van der Waals surface area contributed by atoms with Gasteiger partial charge in [-0.05, 0) is 55.1 Å². The molecular weight excluding hydrogens is 461 g/mol. The maximum absolute atomic E-state index is 10.6. The predicted molar refractivity (Wildman–Crippen MR) is 120 cm³/mol. The van der Waals surface area contributed by atoms with E-state index >= 15 is 0 Å². The molecule has 33 heavy (non-hydrogen) atoms. The second-order valence-corrected chi connectivity index (χ2v) is 7.59. The van der Waals surface area contributed by atoms with Gasteiger partial charge in [-0.2, -0.15) is 13.2 Å². The molecule has 10 heteroatoms. The Labute approximate surface area is 194 Å². The third kappa shape index (κ3) is 8.43. The van der Waals surface area contributed by atoms with Crippen LogP contribution in [-0.4, -0.2) is 48.0 Å². The zero-order valence-electron chi connectivity index (χ0n) is 17.6. The van der Waals surface area contributed by atoms with Gasteiger partial charge in [-0.1, -0.05) is 41.9 Å². The number of benzene rings is 2. The minimum Gasteiger partial charge on any atom is -0.478 e. The molecule has 178 valence electrons. The average Bonchev–Trinajstić information content (AvgIpc) is 2.89. The van der Waals surface area contributed by atoms with E-state index in [2.05, 4.69) is 46.6 Å². The van der Waals surface area contributed by atoms with Gasteiger partial charge in [0.2, 0.25) is 0 Å². The monoisotopic (exact) mass is 484 g/mol. The Hall–Kier alpha value is -3.04. The quantitative estimate of drug-likeness (QED) is 0.385. The lowest BCUT2D eigenvalue weighted by Gasteiger charge is -2.27. The second kappa shape index (κ2) is 12.3. The first-order chi connectivity index (χ1) is 15.6. The topological polar surface area (TPSA) is 89.9 Å². The van der Waals surface area contributed by atoms with Gasteiger partial charge < -0.3 is 20.4 Å². The number of nitrogens with zero attached hydrogens (tertiary/aromatic N) is 1. The zero-order chi connectivity index (χ0) is 24.4. The third-order valence-corrected chi connectivity index (χ3v) is 5.02. The molecule has 0 spiro atoms. The van der Waals surface area contributed by atoms with Crippen molar-refractivity contribution in [1.82, 2.24) is 5.32 Å². The highest BCUT2D eigenvalue weighted by molar-refractivity contribution is 6.30. The fourth-order valence-electron chi connectivity index (χ4n) is 3.33. The van der Waals surface area contributed by atoms with Gasteiger partial charge in [0.25, 0.3) is 0 Å². The van der Waals surface area contributed by atoms with Crippen LogP contribution in [0.5, 0.6) is 0 Å². The number of hydrogen-bond acceptors (Lipinski definition) is 4. The molecule has 0 bridgehead atoms. The number of alkyl halides is 3. The molecule has 0 unspecified atom stereocenters. The summed E-state index contributed by atoms with van der Waals surface area (Å²) in [5.74, 6) is -3.67. The number of nitrogens with one attached hydrogen (secondary N) is 1. The molecule has 0 amide bonds. The molecule has 6 nitrogen and oxygen atoms in total. The van der Waals surface area contributed by atoms with Gasteiger partial charge in [0.15, 0.2) is 0 Å². The number of rotatable bonds is 7. The van der Waals surface area contributed by atoms with Crippen LogP contribution in [0.1, 0.15) is 17.5 Å². The predicted octanol–water partition coefficient (Wildman–Crippen LogP) is 4.83. The average molecular weight is 485 g/mol. The molecule has 3 N–H and O–H groups in total. The molecule has 1 heterocycles. The SMILES string of the molecule is O=C(O)/C=C/CNCCCN1c2ccccc2CCc2ccc(Cl)cc21.O=C(O)C(F)(F)F. The molecule has 0 radical (unpaired) electrons. The number of hydrogen-bond donors (Lipinski definition) is 3. The summed E-state index contributed by atoms with van der Waals surface area (Å²) in [6, 6.07) is 14.7. The highest BCUT2D eigenvalue weighted by Gasteiger charge is 2.38. The van der Waals surface area contributed by atoms with E-state index in [9.17, 15) is 18.0 Å². The van der Waals surface area contributed by atoms with E-state index in [4.69, 9.17) is 26.6 Å². The van der Waals surface area contributed by atoms with E-state index in [-0.39, 0.29) is 0 Å². The summed E-state index contributed by atoms with van der Waals surface area (Å²) in [4.78, 5) is 21.7. The van der Waals surface area contributed by atoms with Gasteiger partial charge in [0, 0.05) is 35.6 Å². The number of carboxylic acids is 2. The van der Waals surface area contributed by atoms with Gasteiger partial charge in [-0.15, -0.1) is 0 Å². The van der Waals surface area contributed by atoms with E-state index in [0.717, 1.165) is 43.5 Å². The summed E-state index contributed by atoms with van der Waals surface area (Å²) in [5, 5.41) is 19.7. The largest absolute Gasteiger partial charge is 0.490 e. The lowest BCUT2D eigenvalue weighted by atomic mass is 10.0. The van der Waals surface area contributed by atoms with Crippen molar-refractivity contribution in [3.63, 3.8) is 0 Å². The van der Waals surface area contributed by atoms with Crippen molar-refractivity contribution in [1.29, 1.82) is 0 Å². The molecule has 0 aromatic heterocycles. The third-order valence-electron chi connectivity index (χ3n) is 4.78. The standard InChI is InChI=1S/C21H23ClN2O2.C2HF3O2/c22-18-11-10-17-9-8-16-5-1-2-6-19(16)24(20(17)15-18)14-4-13-23-12-3-7-21(25)26;3-2(4,5)1(6)7/h1-3,5-7,10-11,15,23H,4,8-9,12-14H2,(H,25,26);(H,6,7)/b7-3+;. The van der Waals surface area contributed by atoms with Crippen LogP contribution in [0.4, 0.5) is 24.5 Å². The first kappa shape index (κ1) is 26.2. The van der Waals surface area contributed by atoms with Crippen molar-refractivity contribution in [3.8, 4) is 0 Å². The van der Waals surface area contributed by atoms with Crippen LogP contribution in [0.15, 0.2) is 54.6 Å². The van der Waals surface area contributed by atoms with E-state index in [1.807, 2.05) is 6.07 Å². The molecule has 0 aliphatic carbocycles. The lowest BCUT2D eigenvalue weighted by Crippen LogP contribution is -2.24. The van der Waals surface area contributed by atoms with Crippen molar-refractivity contribution < 1.29 is 33.0 Å². The molecule has 2 aromatic carbocycles. The van der Waals surface area contributed by atoms with Crippen molar-refractivity contribution in [2.24, 2.45) is 0 Å². The Morgan fingerprint density at radius 3 is 2.33 bits per heavy atom. The molecule has 0 fully saturated rings. The van der Waals surface area contributed by atoms with Crippen LogP contribution in [0, 0.1) is 0 Å². The summed E-state index contributed by atoms with van der Waals surface area (Å²) in [7, 11) is 0. The van der Waals surface area contributed by atoms with Crippen molar-refractivity contribution in [2.75, 3.05) is 24.5 Å². The summed E-state index contributed by atoms with van der Waals surface area (Å²) in [6.07, 6.45) is 0.688. The Bertz CT molecular complexity index is 996. The normalized spacial score (nSPS) is 12.9. The first-order valence-electron chi connectivity index (χ1n) is 10.1. The number of fused-ring (bicyclic) bond motifs is 2. The van der Waals surface area contributed by atoms with Gasteiger partial charge in [-0.3, -0.25) is 0 Å². The fourth-order valence-corrected chi connectivity index (χ4v) is 3.50. The Morgan fingerprint density at radius 2 is 1.70 bits per heavy atom. The summed E-state index contributed by atoms with van der Waals surface area (Å²) in [6.45, 7) is 2.25. The zero-order valence-corrected chi connectivity index (χ0v) is 18.4. The Balaban J connectivity index is 0.000000479. The van der Waals surface area contributed by atoms with Gasteiger partial charge in [0.1, 0.15) is 0 Å². The lowest BCUT2D eigenvalue weighted by molar-refractivity contribution is -0.192. The smallest absolute Gasteiger partial charge is 0.478 e. The van der Waals surface area contributed by atoms with Crippen LogP contribution >= 0.6 is 11.6 Å². The van der Waals surface area contributed by atoms with Gasteiger partial charge in [0.05, 0.1) is 0 Å². The van der Waals surface area contributed by atoms with Gasteiger partial charge in [-0.25, -0.2) is 9.59 Å². The summed E-state index contributed by atoms with van der Waals surface area (Å²) >= 11 is 6.27. The highest BCUT2D eigenvalue weighted by atomic mass is 35.5. The number of aliphatic carboxylic acids is 2. The van der Waals surface area contributed by atoms with Crippen LogP contribution in [0.2, 0.25) is 5.02 Å². The maximum Gasteiger partial charge on any atom is 0.490 e. The molecular formula is C23H24ClF3N2O4.